The minimum absolute atomic E-state index is 0.119. The van der Waals surface area contributed by atoms with Crippen LogP contribution in [0.1, 0.15) is 16.1 Å². The number of aromatic nitrogens is 1. The fourth-order valence-corrected chi connectivity index (χ4v) is 2.38. The summed E-state index contributed by atoms with van der Waals surface area (Å²) in [6.07, 6.45) is 0. The van der Waals surface area contributed by atoms with Gasteiger partial charge in [-0.3, -0.25) is 0 Å². The highest BCUT2D eigenvalue weighted by Gasteiger charge is 2.13. The summed E-state index contributed by atoms with van der Waals surface area (Å²) >= 11 is 7.40. The van der Waals surface area contributed by atoms with Gasteiger partial charge in [0.2, 0.25) is 0 Å². The molecule has 1 N–H and O–H groups in total. The Labute approximate surface area is 113 Å². The van der Waals surface area contributed by atoms with Crippen LogP contribution in [0.4, 0.5) is 5.82 Å². The van der Waals surface area contributed by atoms with E-state index in [2.05, 4.69) is 4.98 Å². The van der Waals surface area contributed by atoms with Gasteiger partial charge >= 0.3 is 5.97 Å². The highest BCUT2D eigenvalue weighted by Crippen LogP contribution is 2.20. The lowest BCUT2D eigenvalue weighted by Gasteiger charge is -2.18. The fourth-order valence-electron chi connectivity index (χ4n) is 1.53. The van der Waals surface area contributed by atoms with Crippen molar-refractivity contribution in [2.45, 2.75) is 6.54 Å². The summed E-state index contributed by atoms with van der Waals surface area (Å²) in [5, 5.41) is 13.2. The Morgan fingerprint density at radius 3 is 2.89 bits per heavy atom. The van der Waals surface area contributed by atoms with Gasteiger partial charge in [-0.05, 0) is 34.5 Å². The van der Waals surface area contributed by atoms with E-state index in [1.165, 1.54) is 0 Å². The number of pyridine rings is 1. The number of hydrogen-bond acceptors (Lipinski definition) is 4. The minimum atomic E-state index is -1.12. The van der Waals surface area contributed by atoms with Gasteiger partial charge in [-0.25, -0.2) is 9.78 Å². The number of carbonyl (C=O) groups is 1. The fraction of sp³-hybridized carbons (Fsp3) is 0.167. The quantitative estimate of drug-likeness (QED) is 0.936. The second kappa shape index (κ2) is 5.37. The van der Waals surface area contributed by atoms with E-state index >= 15 is 0 Å². The van der Waals surface area contributed by atoms with Crippen LogP contribution in [-0.2, 0) is 6.54 Å². The van der Waals surface area contributed by atoms with Crippen LogP contribution in [0.2, 0.25) is 5.02 Å². The second-order valence-corrected chi connectivity index (χ2v) is 4.98. The number of thiophene rings is 1. The first-order valence-electron chi connectivity index (χ1n) is 5.20. The molecule has 0 aliphatic rings. The topological polar surface area (TPSA) is 53.4 Å². The van der Waals surface area contributed by atoms with E-state index in [0.29, 0.717) is 12.4 Å². The average molecular weight is 283 g/mol. The molecule has 0 aromatic carbocycles. The molecule has 0 radical (unpaired) electrons. The van der Waals surface area contributed by atoms with Crippen molar-refractivity contribution >= 4 is 34.7 Å². The van der Waals surface area contributed by atoms with Gasteiger partial charge in [-0.1, -0.05) is 11.6 Å². The van der Waals surface area contributed by atoms with Crippen LogP contribution < -0.4 is 4.90 Å². The molecule has 0 aliphatic carbocycles. The molecule has 0 fully saturated rings. The van der Waals surface area contributed by atoms with Gasteiger partial charge < -0.3 is 10.0 Å². The number of carboxylic acids is 1. The van der Waals surface area contributed by atoms with Gasteiger partial charge in [0, 0.05) is 13.6 Å². The van der Waals surface area contributed by atoms with Gasteiger partial charge in [0.1, 0.15) is 5.82 Å². The van der Waals surface area contributed by atoms with Crippen LogP contribution in [0.5, 0.6) is 0 Å². The van der Waals surface area contributed by atoms with Crippen molar-refractivity contribution in [3.8, 4) is 0 Å². The smallest absolute Gasteiger partial charge is 0.356 e. The Bertz CT molecular complexity index is 557. The van der Waals surface area contributed by atoms with E-state index in [-0.39, 0.29) is 10.7 Å². The van der Waals surface area contributed by atoms with Crippen LogP contribution in [-0.4, -0.2) is 23.1 Å². The lowest BCUT2D eigenvalue weighted by molar-refractivity contribution is 0.0691. The number of nitrogens with zero attached hydrogens (tertiary/aromatic N) is 2. The van der Waals surface area contributed by atoms with Crippen molar-refractivity contribution in [1.82, 2.24) is 4.98 Å². The molecule has 2 aromatic rings. The van der Waals surface area contributed by atoms with Crippen LogP contribution in [0.15, 0.2) is 29.0 Å². The number of aromatic carboxylic acids is 1. The third-order valence-electron chi connectivity index (χ3n) is 2.42. The van der Waals surface area contributed by atoms with E-state index in [1.807, 2.05) is 28.8 Å². The summed E-state index contributed by atoms with van der Waals surface area (Å²) in [6, 6.07) is 5.29. The van der Waals surface area contributed by atoms with E-state index in [4.69, 9.17) is 16.7 Å². The summed E-state index contributed by atoms with van der Waals surface area (Å²) in [5.41, 5.74) is 1.04. The summed E-state index contributed by atoms with van der Waals surface area (Å²) in [7, 11) is 1.86. The number of rotatable bonds is 4. The van der Waals surface area contributed by atoms with Crippen LogP contribution in [0.3, 0.4) is 0 Å². The highest BCUT2D eigenvalue weighted by molar-refractivity contribution is 7.07. The maximum Gasteiger partial charge on any atom is 0.356 e. The van der Waals surface area contributed by atoms with E-state index < -0.39 is 5.97 Å². The van der Waals surface area contributed by atoms with Crippen LogP contribution in [0, 0.1) is 0 Å². The molecule has 0 bridgehead atoms. The molecule has 0 spiro atoms. The number of halogens is 1. The molecule has 6 heteroatoms. The van der Waals surface area contributed by atoms with Crippen molar-refractivity contribution in [3.63, 3.8) is 0 Å². The maximum absolute atomic E-state index is 10.9. The third kappa shape index (κ3) is 2.80. The minimum Gasteiger partial charge on any atom is -0.476 e. The normalized spacial score (nSPS) is 10.3. The standard InChI is InChI=1S/C12H11ClN2O2S/c1-15(6-8-4-5-18-7-8)10-3-2-9(13)11(14-10)12(16)17/h2-5,7H,6H2,1H3,(H,16,17). The molecule has 0 unspecified atom stereocenters. The van der Waals surface area contributed by atoms with Crippen molar-refractivity contribution in [3.05, 3.63) is 45.2 Å². The Hall–Kier alpha value is -1.59. The molecule has 0 amide bonds. The first-order chi connectivity index (χ1) is 8.58. The zero-order valence-electron chi connectivity index (χ0n) is 9.63. The largest absolute Gasteiger partial charge is 0.476 e. The molecule has 2 heterocycles. The lowest BCUT2D eigenvalue weighted by atomic mass is 10.3. The van der Waals surface area contributed by atoms with Crippen molar-refractivity contribution in [2.24, 2.45) is 0 Å². The first kappa shape index (κ1) is 12.9. The summed E-state index contributed by atoms with van der Waals surface area (Å²) in [6.45, 7) is 0.678. The molecule has 0 saturated heterocycles. The molecule has 0 aliphatic heterocycles. The molecular formula is C12H11ClN2O2S. The third-order valence-corrected chi connectivity index (χ3v) is 3.46. The van der Waals surface area contributed by atoms with E-state index in [9.17, 15) is 4.79 Å². The summed E-state index contributed by atoms with van der Waals surface area (Å²) in [5.74, 6) is -0.534. The van der Waals surface area contributed by atoms with Gasteiger partial charge in [0.05, 0.1) is 5.02 Å². The lowest BCUT2D eigenvalue weighted by Crippen LogP contribution is -2.18. The Morgan fingerprint density at radius 2 is 2.28 bits per heavy atom. The summed E-state index contributed by atoms with van der Waals surface area (Å²) < 4.78 is 0. The van der Waals surface area contributed by atoms with Crippen molar-refractivity contribution in [1.29, 1.82) is 0 Å². The van der Waals surface area contributed by atoms with Crippen molar-refractivity contribution in [2.75, 3.05) is 11.9 Å². The Balaban J connectivity index is 2.22. The molecule has 2 aromatic heterocycles. The second-order valence-electron chi connectivity index (χ2n) is 3.79. The summed E-state index contributed by atoms with van der Waals surface area (Å²) in [4.78, 5) is 16.9. The molecular weight excluding hydrogens is 272 g/mol. The van der Waals surface area contributed by atoms with Crippen molar-refractivity contribution < 1.29 is 9.90 Å². The predicted molar refractivity (Wildman–Crippen MR) is 72.6 cm³/mol. The number of hydrogen-bond donors (Lipinski definition) is 1. The average Bonchev–Trinajstić information content (AvgIpc) is 2.81. The van der Waals surface area contributed by atoms with E-state index in [0.717, 1.165) is 5.56 Å². The molecule has 2 rings (SSSR count). The number of carboxylic acid groups (broad SMARTS) is 1. The maximum atomic E-state index is 10.9. The first-order valence-corrected chi connectivity index (χ1v) is 6.52. The molecule has 0 atom stereocenters. The van der Waals surface area contributed by atoms with Crippen LogP contribution in [0.25, 0.3) is 0 Å². The number of anilines is 1. The van der Waals surface area contributed by atoms with Gasteiger partial charge in [0.15, 0.2) is 5.69 Å². The van der Waals surface area contributed by atoms with Gasteiger partial charge in [-0.15, -0.1) is 0 Å². The molecule has 18 heavy (non-hydrogen) atoms. The molecule has 4 nitrogen and oxygen atoms in total. The zero-order chi connectivity index (χ0) is 13.1. The SMILES string of the molecule is CN(Cc1ccsc1)c1ccc(Cl)c(C(=O)O)n1. The predicted octanol–water partition coefficient (Wildman–Crippen LogP) is 3.13. The Morgan fingerprint density at radius 1 is 1.50 bits per heavy atom. The monoisotopic (exact) mass is 282 g/mol. The Kier molecular flexibility index (Phi) is 3.84. The zero-order valence-corrected chi connectivity index (χ0v) is 11.2. The van der Waals surface area contributed by atoms with E-state index in [1.54, 1.807) is 23.5 Å². The highest BCUT2D eigenvalue weighted by atomic mass is 35.5. The molecule has 0 saturated carbocycles. The van der Waals surface area contributed by atoms with Crippen LogP contribution >= 0.6 is 22.9 Å². The molecule has 94 valence electrons. The van der Waals surface area contributed by atoms with Gasteiger partial charge in [0.25, 0.3) is 0 Å². The van der Waals surface area contributed by atoms with Gasteiger partial charge in [-0.2, -0.15) is 11.3 Å².